The van der Waals surface area contributed by atoms with E-state index in [1.165, 1.54) is 0 Å². The molecular formula is C27H37N3O5. The van der Waals surface area contributed by atoms with Gasteiger partial charge in [-0.05, 0) is 49.9 Å². The van der Waals surface area contributed by atoms with Gasteiger partial charge in [-0.25, -0.2) is 4.79 Å². The highest BCUT2D eigenvalue weighted by atomic mass is 16.5. The van der Waals surface area contributed by atoms with E-state index < -0.39 is 5.97 Å². The van der Waals surface area contributed by atoms with Gasteiger partial charge < -0.3 is 24.7 Å². The third kappa shape index (κ3) is 6.74. The molecule has 8 heteroatoms. The third-order valence-electron chi connectivity index (χ3n) is 6.56. The first-order valence-electron chi connectivity index (χ1n) is 12.0. The maximum absolute atomic E-state index is 13.2. The van der Waals surface area contributed by atoms with Crippen LogP contribution in [0, 0.1) is 5.92 Å². The molecule has 1 amide bonds. The number of carbonyl (C=O) groups excluding carboxylic acids is 1. The Morgan fingerprint density at radius 2 is 1.86 bits per heavy atom. The Morgan fingerprint density at radius 1 is 1.17 bits per heavy atom. The molecule has 1 heterocycles. The van der Waals surface area contributed by atoms with Crippen molar-refractivity contribution in [2.45, 2.75) is 39.0 Å². The van der Waals surface area contributed by atoms with Crippen LogP contribution in [0.25, 0.3) is 0 Å². The molecule has 0 bridgehead atoms. The van der Waals surface area contributed by atoms with Crippen LogP contribution in [0.3, 0.4) is 0 Å². The van der Waals surface area contributed by atoms with Crippen molar-refractivity contribution in [2.75, 3.05) is 45.7 Å². The number of aromatic carboxylic acids is 1. The Labute approximate surface area is 207 Å². The first kappa shape index (κ1) is 26.5. The van der Waals surface area contributed by atoms with Crippen molar-refractivity contribution in [3.8, 4) is 5.75 Å². The lowest BCUT2D eigenvalue weighted by Crippen LogP contribution is -2.47. The highest BCUT2D eigenvalue weighted by Gasteiger charge is 2.31. The van der Waals surface area contributed by atoms with Crippen LogP contribution >= 0.6 is 0 Å². The van der Waals surface area contributed by atoms with Crippen LogP contribution in [0.2, 0.25) is 0 Å². The number of carboxylic acids is 1. The number of carbonyl (C=O) groups is 2. The molecule has 0 fully saturated rings. The Hall–Kier alpha value is -3.10. The number of likely N-dealkylation sites (N-methyl/N-ethyl adjacent to an activating group) is 1. The van der Waals surface area contributed by atoms with Crippen molar-refractivity contribution in [1.82, 2.24) is 9.80 Å². The van der Waals surface area contributed by atoms with E-state index in [0.717, 1.165) is 16.8 Å². The Balaban J connectivity index is 1.86. The van der Waals surface area contributed by atoms with E-state index in [-0.39, 0.29) is 42.6 Å². The number of aliphatic hydroxyl groups is 1. The summed E-state index contributed by atoms with van der Waals surface area (Å²) in [7, 11) is 5.92. The minimum absolute atomic E-state index is 0.0178. The molecule has 0 aromatic heterocycles. The molecule has 3 rings (SSSR count). The molecule has 2 aromatic carbocycles. The van der Waals surface area contributed by atoms with Gasteiger partial charge in [-0.2, -0.15) is 0 Å². The van der Waals surface area contributed by atoms with Crippen LogP contribution in [0.1, 0.15) is 35.3 Å². The van der Waals surface area contributed by atoms with Crippen molar-refractivity contribution in [3.63, 3.8) is 0 Å². The highest BCUT2D eigenvalue weighted by molar-refractivity contribution is 5.87. The smallest absolute Gasteiger partial charge is 0.335 e. The largest absolute Gasteiger partial charge is 0.488 e. The van der Waals surface area contributed by atoms with Crippen molar-refractivity contribution in [2.24, 2.45) is 5.92 Å². The van der Waals surface area contributed by atoms with E-state index in [0.29, 0.717) is 25.4 Å². The average molecular weight is 484 g/mol. The number of carboxylic acid groups (broad SMARTS) is 1. The highest BCUT2D eigenvalue weighted by Crippen LogP contribution is 2.30. The Morgan fingerprint density at radius 3 is 2.46 bits per heavy atom. The summed E-state index contributed by atoms with van der Waals surface area (Å²) in [6, 6.07) is 12.5. The number of nitrogens with zero attached hydrogens (tertiary/aromatic N) is 3. The van der Waals surface area contributed by atoms with E-state index in [1.807, 2.05) is 63.3 Å². The second kappa shape index (κ2) is 11.6. The van der Waals surface area contributed by atoms with Crippen LogP contribution in [-0.4, -0.2) is 84.9 Å². The summed E-state index contributed by atoms with van der Waals surface area (Å²) < 4.78 is 6.55. The van der Waals surface area contributed by atoms with Gasteiger partial charge in [0, 0.05) is 50.9 Å². The van der Waals surface area contributed by atoms with Crippen molar-refractivity contribution < 1.29 is 24.5 Å². The fourth-order valence-electron chi connectivity index (χ4n) is 4.35. The number of rotatable bonds is 8. The molecule has 0 unspecified atom stereocenters. The number of hydrogen-bond donors (Lipinski definition) is 2. The Bertz CT molecular complexity index is 1020. The fraction of sp³-hybridized carbons (Fsp3) is 0.481. The number of benzene rings is 2. The SMILES string of the molecule is C[C@@H]1CN([C@H](C)CO)C(=O)Cc2cc(N(C)C)ccc2O[C@H]1CN(C)Cc1ccc(C(=O)O)cc1. The summed E-state index contributed by atoms with van der Waals surface area (Å²) in [5, 5.41) is 18.9. The van der Waals surface area contributed by atoms with Gasteiger partial charge in [-0.15, -0.1) is 0 Å². The van der Waals surface area contributed by atoms with E-state index in [4.69, 9.17) is 9.84 Å². The van der Waals surface area contributed by atoms with Crippen LogP contribution in [-0.2, 0) is 17.8 Å². The van der Waals surface area contributed by atoms with Gasteiger partial charge in [0.25, 0.3) is 0 Å². The number of fused-ring (bicyclic) bond motifs is 1. The zero-order valence-corrected chi connectivity index (χ0v) is 21.3. The molecular weight excluding hydrogens is 446 g/mol. The van der Waals surface area contributed by atoms with Gasteiger partial charge in [-0.1, -0.05) is 19.1 Å². The van der Waals surface area contributed by atoms with Crippen molar-refractivity contribution in [1.29, 1.82) is 0 Å². The van der Waals surface area contributed by atoms with Gasteiger partial charge in [0.05, 0.1) is 24.6 Å². The zero-order valence-electron chi connectivity index (χ0n) is 21.3. The summed E-state index contributed by atoms with van der Waals surface area (Å²) >= 11 is 0. The number of ether oxygens (including phenoxy) is 1. The first-order valence-corrected chi connectivity index (χ1v) is 12.0. The summed E-state index contributed by atoms with van der Waals surface area (Å²) in [5.41, 5.74) is 3.10. The predicted octanol–water partition coefficient (Wildman–Crippen LogP) is 2.73. The molecule has 35 heavy (non-hydrogen) atoms. The minimum Gasteiger partial charge on any atom is -0.488 e. The van der Waals surface area contributed by atoms with E-state index in [2.05, 4.69) is 11.8 Å². The molecule has 0 aliphatic carbocycles. The number of anilines is 1. The maximum Gasteiger partial charge on any atom is 0.335 e. The summed E-state index contributed by atoms with van der Waals surface area (Å²) in [6.45, 7) is 5.58. The number of aliphatic hydroxyl groups excluding tert-OH is 1. The molecule has 3 atom stereocenters. The van der Waals surface area contributed by atoms with Gasteiger partial charge in [0.1, 0.15) is 11.9 Å². The fourth-order valence-corrected chi connectivity index (χ4v) is 4.35. The number of amides is 1. The molecule has 8 nitrogen and oxygen atoms in total. The summed E-state index contributed by atoms with van der Waals surface area (Å²) in [6.07, 6.45) is 0.0218. The van der Waals surface area contributed by atoms with Gasteiger partial charge in [0.2, 0.25) is 5.91 Å². The quantitative estimate of drug-likeness (QED) is 0.596. The molecule has 2 N–H and O–H groups in total. The Kier molecular flexibility index (Phi) is 8.75. The molecule has 190 valence electrons. The standard InChI is InChI=1S/C27H37N3O5/c1-18-14-30(19(2)17-31)26(32)13-22-12-23(28(3)4)10-11-24(22)35-25(18)16-29(5)15-20-6-8-21(9-7-20)27(33)34/h6-12,18-19,25,31H,13-17H2,1-5H3,(H,33,34)/t18-,19-,25+/m1/s1. The molecule has 0 saturated carbocycles. The van der Waals surface area contributed by atoms with Crippen LogP contribution < -0.4 is 9.64 Å². The molecule has 0 spiro atoms. The molecule has 2 aromatic rings. The molecule has 1 aliphatic heterocycles. The zero-order chi connectivity index (χ0) is 25.7. The lowest BCUT2D eigenvalue weighted by Gasteiger charge is -2.34. The normalized spacial score (nSPS) is 19.3. The average Bonchev–Trinajstić information content (AvgIpc) is 2.86. The van der Waals surface area contributed by atoms with Crippen molar-refractivity contribution in [3.05, 3.63) is 59.2 Å². The van der Waals surface area contributed by atoms with E-state index >= 15 is 0 Å². The summed E-state index contributed by atoms with van der Waals surface area (Å²) in [4.78, 5) is 30.3. The molecule has 0 saturated heterocycles. The first-order chi connectivity index (χ1) is 16.6. The minimum atomic E-state index is -0.940. The van der Waals surface area contributed by atoms with E-state index in [9.17, 15) is 14.7 Å². The third-order valence-corrected chi connectivity index (χ3v) is 6.56. The second-order valence-electron chi connectivity index (χ2n) is 9.77. The number of hydrogen-bond acceptors (Lipinski definition) is 6. The lowest BCUT2D eigenvalue weighted by molar-refractivity contribution is -0.134. The predicted molar refractivity (Wildman–Crippen MR) is 136 cm³/mol. The maximum atomic E-state index is 13.2. The molecule has 0 radical (unpaired) electrons. The van der Waals surface area contributed by atoms with Crippen LogP contribution in [0.5, 0.6) is 5.75 Å². The lowest BCUT2D eigenvalue weighted by atomic mass is 10.0. The second-order valence-corrected chi connectivity index (χ2v) is 9.77. The monoisotopic (exact) mass is 483 g/mol. The molecule has 1 aliphatic rings. The topological polar surface area (TPSA) is 93.6 Å². The van der Waals surface area contributed by atoms with Crippen LogP contribution in [0.4, 0.5) is 5.69 Å². The van der Waals surface area contributed by atoms with Crippen molar-refractivity contribution >= 4 is 17.6 Å². The van der Waals surface area contributed by atoms with Gasteiger partial charge in [0.15, 0.2) is 0 Å². The van der Waals surface area contributed by atoms with E-state index in [1.54, 1.807) is 17.0 Å². The van der Waals surface area contributed by atoms with Gasteiger partial charge in [-0.3, -0.25) is 9.69 Å². The van der Waals surface area contributed by atoms with Gasteiger partial charge >= 0.3 is 5.97 Å². The summed E-state index contributed by atoms with van der Waals surface area (Å²) in [5.74, 6) is -0.237. The van der Waals surface area contributed by atoms with Crippen LogP contribution in [0.15, 0.2) is 42.5 Å².